The smallest absolute Gasteiger partial charge is 0.307 e. The molecule has 0 atom stereocenters. The first-order valence-corrected chi connectivity index (χ1v) is 13.1. The van der Waals surface area contributed by atoms with Crippen LogP contribution in [-0.4, -0.2) is 11.1 Å². The van der Waals surface area contributed by atoms with Crippen LogP contribution in [-0.2, 0) is 4.79 Å². The Labute approximate surface area is 182 Å². The second kappa shape index (κ2) is 25.2. The molecule has 172 valence electrons. The summed E-state index contributed by atoms with van der Waals surface area (Å²) in [6.07, 6.45) is 34.7. The molecule has 0 radical (unpaired) electrons. The number of carboxylic acids is 1. The van der Waals surface area contributed by atoms with E-state index >= 15 is 0 Å². The van der Waals surface area contributed by atoms with E-state index in [9.17, 15) is 4.79 Å². The number of carboxylic acid groups (broad SMARTS) is 1. The van der Waals surface area contributed by atoms with E-state index in [1.54, 1.807) is 6.08 Å². The van der Waals surface area contributed by atoms with E-state index < -0.39 is 5.97 Å². The number of hydrogen-bond donors (Lipinski definition) is 1. The molecule has 2 heteroatoms. The lowest BCUT2D eigenvalue weighted by Gasteiger charge is -2.04. The van der Waals surface area contributed by atoms with Gasteiger partial charge in [-0.2, -0.15) is 0 Å². The van der Waals surface area contributed by atoms with E-state index in [4.69, 9.17) is 5.11 Å². The van der Waals surface area contributed by atoms with Gasteiger partial charge in [-0.1, -0.05) is 147 Å². The third-order valence-corrected chi connectivity index (χ3v) is 5.93. The highest BCUT2D eigenvalue weighted by molar-refractivity contribution is 5.68. The van der Waals surface area contributed by atoms with Crippen LogP contribution in [0.3, 0.4) is 0 Å². The van der Waals surface area contributed by atoms with Crippen LogP contribution >= 0.6 is 0 Å². The minimum absolute atomic E-state index is 0.166. The monoisotopic (exact) mass is 408 g/mol. The van der Waals surface area contributed by atoms with Gasteiger partial charge in [0.1, 0.15) is 0 Å². The molecule has 29 heavy (non-hydrogen) atoms. The van der Waals surface area contributed by atoms with Crippen molar-refractivity contribution in [2.24, 2.45) is 0 Å². The third kappa shape index (κ3) is 27.2. The molecular weight excluding hydrogens is 356 g/mol. The molecule has 0 aromatic heterocycles. The topological polar surface area (TPSA) is 37.3 Å². The maximum atomic E-state index is 10.4. The predicted molar refractivity (Wildman–Crippen MR) is 129 cm³/mol. The summed E-state index contributed by atoms with van der Waals surface area (Å²) in [5.41, 5.74) is 0. The first-order valence-electron chi connectivity index (χ1n) is 13.1. The summed E-state index contributed by atoms with van der Waals surface area (Å²) in [5, 5.41) is 8.54. The van der Waals surface area contributed by atoms with Gasteiger partial charge in [-0.05, 0) is 12.8 Å². The second-order valence-electron chi connectivity index (χ2n) is 8.93. The second-order valence-corrected chi connectivity index (χ2v) is 8.93. The Morgan fingerprint density at radius 3 is 1.14 bits per heavy atom. The molecule has 0 amide bonds. The van der Waals surface area contributed by atoms with E-state index in [2.05, 4.69) is 6.92 Å². The Kier molecular flexibility index (Phi) is 24.6. The van der Waals surface area contributed by atoms with Crippen LogP contribution in [0.2, 0.25) is 0 Å². The van der Waals surface area contributed by atoms with Gasteiger partial charge in [-0.15, -0.1) is 0 Å². The van der Waals surface area contributed by atoms with Crippen molar-refractivity contribution in [1.82, 2.24) is 0 Å². The predicted octanol–water partition coefficient (Wildman–Crippen LogP) is 9.62. The minimum atomic E-state index is -0.736. The Balaban J connectivity index is 3.03. The van der Waals surface area contributed by atoms with Gasteiger partial charge in [0.25, 0.3) is 0 Å². The van der Waals surface area contributed by atoms with Crippen molar-refractivity contribution >= 4 is 5.97 Å². The highest BCUT2D eigenvalue weighted by Crippen LogP contribution is 2.15. The zero-order valence-corrected chi connectivity index (χ0v) is 19.8. The molecule has 0 rings (SSSR count). The molecule has 0 spiro atoms. The molecule has 1 N–H and O–H groups in total. The Morgan fingerprint density at radius 2 is 0.828 bits per heavy atom. The summed E-state index contributed by atoms with van der Waals surface area (Å²) < 4.78 is 0. The van der Waals surface area contributed by atoms with E-state index in [0.29, 0.717) is 0 Å². The molecule has 0 saturated carbocycles. The number of rotatable bonds is 24. The first kappa shape index (κ1) is 28.2. The van der Waals surface area contributed by atoms with Crippen molar-refractivity contribution in [2.75, 3.05) is 0 Å². The minimum Gasteiger partial charge on any atom is -0.481 e. The fourth-order valence-corrected chi connectivity index (χ4v) is 4.00. The highest BCUT2D eigenvalue weighted by atomic mass is 16.4. The lowest BCUT2D eigenvalue weighted by molar-refractivity contribution is -0.136. The molecule has 0 aliphatic heterocycles. The summed E-state index contributed by atoms with van der Waals surface area (Å²) in [7, 11) is 0. The quantitative estimate of drug-likeness (QED) is 0.127. The van der Waals surface area contributed by atoms with E-state index in [-0.39, 0.29) is 6.42 Å². The standard InChI is InChI=1S/C27H52O2/c1-2-3-4-5-6-7-8-9-10-11-12-13-14-15-16-17-18-19-20-21-22-23-24-25-26-27(28)29/h24-25H,2-23,26H2,1H3,(H,28,29)/b25-24+. The van der Waals surface area contributed by atoms with E-state index in [1.807, 2.05) is 6.08 Å². The molecule has 0 heterocycles. The summed E-state index contributed by atoms with van der Waals surface area (Å²) in [6.45, 7) is 2.29. The fraction of sp³-hybridized carbons (Fsp3) is 0.889. The van der Waals surface area contributed by atoms with Crippen molar-refractivity contribution in [2.45, 2.75) is 155 Å². The van der Waals surface area contributed by atoms with Crippen LogP contribution in [0.5, 0.6) is 0 Å². The average molecular weight is 409 g/mol. The van der Waals surface area contributed by atoms with Crippen LogP contribution in [0.4, 0.5) is 0 Å². The van der Waals surface area contributed by atoms with E-state index in [1.165, 1.54) is 135 Å². The largest absolute Gasteiger partial charge is 0.481 e. The lowest BCUT2D eigenvalue weighted by Crippen LogP contribution is -1.89. The number of unbranched alkanes of at least 4 members (excludes halogenated alkanes) is 21. The molecular formula is C27H52O2. The number of carbonyl (C=O) groups is 1. The summed E-state index contributed by atoms with van der Waals surface area (Å²) in [4.78, 5) is 10.4. The molecule has 0 aliphatic rings. The Morgan fingerprint density at radius 1 is 0.517 bits per heavy atom. The first-order chi connectivity index (χ1) is 14.3. The van der Waals surface area contributed by atoms with Gasteiger partial charge in [-0.3, -0.25) is 4.79 Å². The van der Waals surface area contributed by atoms with Gasteiger partial charge in [0.15, 0.2) is 0 Å². The van der Waals surface area contributed by atoms with Gasteiger partial charge >= 0.3 is 5.97 Å². The normalized spacial score (nSPS) is 11.5. The molecule has 0 unspecified atom stereocenters. The maximum Gasteiger partial charge on any atom is 0.307 e. The maximum absolute atomic E-state index is 10.4. The molecule has 0 bridgehead atoms. The van der Waals surface area contributed by atoms with Crippen LogP contribution < -0.4 is 0 Å². The van der Waals surface area contributed by atoms with Crippen LogP contribution in [0.25, 0.3) is 0 Å². The van der Waals surface area contributed by atoms with E-state index in [0.717, 1.165) is 6.42 Å². The van der Waals surface area contributed by atoms with Crippen molar-refractivity contribution < 1.29 is 9.90 Å². The fourth-order valence-electron chi connectivity index (χ4n) is 4.00. The van der Waals surface area contributed by atoms with Gasteiger partial charge < -0.3 is 5.11 Å². The third-order valence-electron chi connectivity index (χ3n) is 5.93. The number of hydrogen-bond acceptors (Lipinski definition) is 1. The average Bonchev–Trinajstić information content (AvgIpc) is 2.71. The van der Waals surface area contributed by atoms with Gasteiger partial charge in [0, 0.05) is 0 Å². The Bertz CT molecular complexity index is 348. The molecule has 0 aromatic rings. The lowest BCUT2D eigenvalue weighted by atomic mass is 10.0. The molecule has 2 nitrogen and oxygen atoms in total. The molecule has 0 aromatic carbocycles. The van der Waals surface area contributed by atoms with Gasteiger partial charge in [0.05, 0.1) is 6.42 Å². The van der Waals surface area contributed by atoms with Gasteiger partial charge in [0.2, 0.25) is 0 Å². The molecule has 0 fully saturated rings. The van der Waals surface area contributed by atoms with Crippen molar-refractivity contribution in [3.05, 3.63) is 12.2 Å². The van der Waals surface area contributed by atoms with Crippen molar-refractivity contribution in [3.8, 4) is 0 Å². The summed E-state index contributed by atoms with van der Waals surface area (Å²) in [6, 6.07) is 0. The van der Waals surface area contributed by atoms with Crippen molar-refractivity contribution in [1.29, 1.82) is 0 Å². The summed E-state index contributed by atoms with van der Waals surface area (Å²) in [5.74, 6) is -0.736. The molecule has 0 saturated heterocycles. The van der Waals surface area contributed by atoms with Crippen LogP contribution in [0, 0.1) is 0 Å². The summed E-state index contributed by atoms with van der Waals surface area (Å²) >= 11 is 0. The zero-order chi connectivity index (χ0) is 21.3. The highest BCUT2D eigenvalue weighted by Gasteiger charge is 1.95. The SMILES string of the molecule is CCCCCCCCCCCCCCCCCCCCCCC/C=C/CC(=O)O. The zero-order valence-electron chi connectivity index (χ0n) is 19.8. The number of aliphatic carboxylic acids is 1. The molecule has 0 aliphatic carbocycles. The van der Waals surface area contributed by atoms with Crippen molar-refractivity contribution in [3.63, 3.8) is 0 Å². The van der Waals surface area contributed by atoms with Crippen LogP contribution in [0.1, 0.15) is 155 Å². The number of allylic oxidation sites excluding steroid dienone is 1. The van der Waals surface area contributed by atoms with Gasteiger partial charge in [-0.25, -0.2) is 0 Å². The Hall–Kier alpha value is -0.790. The van der Waals surface area contributed by atoms with Crippen LogP contribution in [0.15, 0.2) is 12.2 Å².